The third-order valence-electron chi connectivity index (χ3n) is 4.59. The van der Waals surface area contributed by atoms with Gasteiger partial charge in [-0.15, -0.1) is 0 Å². The Morgan fingerprint density at radius 1 is 1.45 bits per heavy atom. The molecule has 5 nitrogen and oxygen atoms in total. The lowest BCUT2D eigenvalue weighted by Gasteiger charge is -2.55. The zero-order valence-corrected chi connectivity index (χ0v) is 12.8. The highest BCUT2D eigenvalue weighted by molar-refractivity contribution is 6.02. The fourth-order valence-electron chi connectivity index (χ4n) is 3.62. The second-order valence-electron chi connectivity index (χ2n) is 6.21. The molecule has 2 aliphatic rings. The molecule has 2 fully saturated rings. The summed E-state index contributed by atoms with van der Waals surface area (Å²) < 4.78 is 4.98. The Hall–Kier alpha value is -1.10. The summed E-state index contributed by atoms with van der Waals surface area (Å²) >= 11 is 0. The van der Waals surface area contributed by atoms with Crippen molar-refractivity contribution in [3.05, 3.63) is 0 Å². The minimum Gasteiger partial charge on any atom is -0.385 e. The third-order valence-corrected chi connectivity index (χ3v) is 4.59. The zero-order chi connectivity index (χ0) is 14.8. The molecule has 2 amide bonds. The SMILES string of the molecule is COCCCNC(=O)C1N(C(C)C)C(=O)C12CCCC2. The molecular weight excluding hydrogens is 256 g/mol. The molecule has 5 heteroatoms. The first-order valence-corrected chi connectivity index (χ1v) is 7.64. The summed E-state index contributed by atoms with van der Waals surface area (Å²) in [7, 11) is 1.65. The lowest BCUT2D eigenvalue weighted by atomic mass is 9.68. The van der Waals surface area contributed by atoms with Crippen molar-refractivity contribution in [3.63, 3.8) is 0 Å². The van der Waals surface area contributed by atoms with Crippen molar-refractivity contribution in [2.45, 2.75) is 58.0 Å². The summed E-state index contributed by atoms with van der Waals surface area (Å²) in [4.78, 5) is 26.7. The van der Waals surface area contributed by atoms with E-state index in [1.165, 1.54) is 0 Å². The first kappa shape index (κ1) is 15.3. The molecule has 0 bridgehead atoms. The number of β-lactam (4-membered cyclic amide) rings is 1. The molecule has 1 heterocycles. The number of amides is 2. The smallest absolute Gasteiger partial charge is 0.243 e. The maximum absolute atomic E-state index is 12.5. The predicted octanol–water partition coefficient (Wildman–Crippen LogP) is 1.32. The average molecular weight is 282 g/mol. The summed E-state index contributed by atoms with van der Waals surface area (Å²) in [5, 5.41) is 2.96. The molecule has 1 saturated heterocycles. The van der Waals surface area contributed by atoms with Gasteiger partial charge in [-0.05, 0) is 33.1 Å². The molecule has 1 unspecified atom stereocenters. The van der Waals surface area contributed by atoms with E-state index in [1.54, 1.807) is 12.0 Å². The molecular formula is C15H26N2O3. The van der Waals surface area contributed by atoms with Crippen LogP contribution in [0.1, 0.15) is 46.0 Å². The molecule has 1 aliphatic carbocycles. The first-order valence-electron chi connectivity index (χ1n) is 7.64. The predicted molar refractivity (Wildman–Crippen MR) is 76.2 cm³/mol. The molecule has 1 atom stereocenters. The number of methoxy groups -OCH3 is 1. The monoisotopic (exact) mass is 282 g/mol. The van der Waals surface area contributed by atoms with Gasteiger partial charge in [0.2, 0.25) is 11.8 Å². The first-order chi connectivity index (χ1) is 9.54. The van der Waals surface area contributed by atoms with Crippen LogP contribution in [0.15, 0.2) is 0 Å². The Labute approximate surface area is 121 Å². The van der Waals surface area contributed by atoms with Gasteiger partial charge in [-0.2, -0.15) is 0 Å². The van der Waals surface area contributed by atoms with E-state index in [0.717, 1.165) is 32.1 Å². The number of rotatable bonds is 6. The van der Waals surface area contributed by atoms with Gasteiger partial charge in [-0.25, -0.2) is 0 Å². The molecule has 1 spiro atoms. The van der Waals surface area contributed by atoms with E-state index in [4.69, 9.17) is 4.74 Å². The number of hydrogen-bond donors (Lipinski definition) is 1. The van der Waals surface area contributed by atoms with Gasteiger partial charge in [0.1, 0.15) is 6.04 Å². The maximum atomic E-state index is 12.5. The average Bonchev–Trinajstić information content (AvgIpc) is 2.91. The second-order valence-corrected chi connectivity index (χ2v) is 6.21. The van der Waals surface area contributed by atoms with Crippen LogP contribution in [0, 0.1) is 5.41 Å². The number of nitrogens with one attached hydrogen (secondary N) is 1. The molecule has 0 radical (unpaired) electrons. The van der Waals surface area contributed by atoms with E-state index in [2.05, 4.69) is 5.32 Å². The standard InChI is InChI=1S/C15H26N2O3/c1-11(2)17-12(13(18)16-9-6-10-20-3)15(14(17)19)7-4-5-8-15/h11-12H,4-10H2,1-3H3,(H,16,18). The van der Waals surface area contributed by atoms with Gasteiger partial charge in [-0.3, -0.25) is 9.59 Å². The van der Waals surface area contributed by atoms with E-state index >= 15 is 0 Å². The van der Waals surface area contributed by atoms with Crippen LogP contribution in [0.3, 0.4) is 0 Å². The number of hydrogen-bond acceptors (Lipinski definition) is 3. The molecule has 2 rings (SSSR count). The Bertz CT molecular complexity index is 375. The van der Waals surface area contributed by atoms with Crippen LogP contribution in [-0.2, 0) is 14.3 Å². The third kappa shape index (κ3) is 2.43. The van der Waals surface area contributed by atoms with Gasteiger partial charge in [0.05, 0.1) is 5.41 Å². The second kappa shape index (κ2) is 6.12. The fourth-order valence-corrected chi connectivity index (χ4v) is 3.62. The van der Waals surface area contributed by atoms with Crippen LogP contribution in [0.2, 0.25) is 0 Å². The van der Waals surface area contributed by atoms with Crippen molar-refractivity contribution in [2.75, 3.05) is 20.3 Å². The molecule has 0 aromatic heterocycles. The van der Waals surface area contributed by atoms with Crippen LogP contribution < -0.4 is 5.32 Å². The summed E-state index contributed by atoms with van der Waals surface area (Å²) in [6.45, 7) is 5.21. The minimum atomic E-state index is -0.393. The van der Waals surface area contributed by atoms with E-state index < -0.39 is 5.41 Å². The van der Waals surface area contributed by atoms with Gasteiger partial charge in [0, 0.05) is 26.3 Å². The zero-order valence-electron chi connectivity index (χ0n) is 12.8. The lowest BCUT2D eigenvalue weighted by molar-refractivity contribution is -0.181. The van der Waals surface area contributed by atoms with E-state index in [0.29, 0.717) is 13.2 Å². The highest BCUT2D eigenvalue weighted by Crippen LogP contribution is 2.52. The van der Waals surface area contributed by atoms with Crippen LogP contribution >= 0.6 is 0 Å². The van der Waals surface area contributed by atoms with Crippen LogP contribution in [-0.4, -0.2) is 49.1 Å². The highest BCUT2D eigenvalue weighted by atomic mass is 16.5. The summed E-state index contributed by atoms with van der Waals surface area (Å²) in [6, 6.07) is -0.177. The summed E-state index contributed by atoms with van der Waals surface area (Å²) in [5.41, 5.74) is -0.393. The van der Waals surface area contributed by atoms with Crippen molar-refractivity contribution in [1.82, 2.24) is 10.2 Å². The Morgan fingerprint density at radius 2 is 2.10 bits per heavy atom. The van der Waals surface area contributed by atoms with E-state index in [9.17, 15) is 9.59 Å². The van der Waals surface area contributed by atoms with Gasteiger partial charge in [0.25, 0.3) is 0 Å². The summed E-state index contributed by atoms with van der Waals surface area (Å²) in [6.07, 6.45) is 4.66. The van der Waals surface area contributed by atoms with Crippen molar-refractivity contribution in [1.29, 1.82) is 0 Å². The number of carbonyl (C=O) groups excluding carboxylic acids is 2. The van der Waals surface area contributed by atoms with Crippen LogP contribution in [0.5, 0.6) is 0 Å². The molecule has 1 aliphatic heterocycles. The molecule has 114 valence electrons. The maximum Gasteiger partial charge on any atom is 0.243 e. The summed E-state index contributed by atoms with van der Waals surface area (Å²) in [5.74, 6) is 0.193. The van der Waals surface area contributed by atoms with Crippen molar-refractivity contribution in [2.24, 2.45) is 5.41 Å². The minimum absolute atomic E-state index is 0.0105. The normalized spacial score (nSPS) is 24.3. The van der Waals surface area contributed by atoms with Gasteiger partial charge < -0.3 is 15.0 Å². The van der Waals surface area contributed by atoms with Gasteiger partial charge in [0.15, 0.2) is 0 Å². The largest absolute Gasteiger partial charge is 0.385 e. The van der Waals surface area contributed by atoms with Crippen LogP contribution in [0.4, 0.5) is 0 Å². The van der Waals surface area contributed by atoms with Crippen molar-refractivity contribution in [3.8, 4) is 0 Å². The molecule has 20 heavy (non-hydrogen) atoms. The van der Waals surface area contributed by atoms with Crippen LogP contribution in [0.25, 0.3) is 0 Å². The number of likely N-dealkylation sites (tertiary alicyclic amines) is 1. The topological polar surface area (TPSA) is 58.6 Å². The van der Waals surface area contributed by atoms with Gasteiger partial charge >= 0.3 is 0 Å². The van der Waals surface area contributed by atoms with Gasteiger partial charge in [-0.1, -0.05) is 12.8 Å². The van der Waals surface area contributed by atoms with Crippen molar-refractivity contribution < 1.29 is 14.3 Å². The quantitative estimate of drug-likeness (QED) is 0.590. The molecule has 1 saturated carbocycles. The number of nitrogens with zero attached hydrogens (tertiary/aromatic N) is 1. The van der Waals surface area contributed by atoms with E-state index in [1.807, 2.05) is 13.8 Å². The lowest BCUT2D eigenvalue weighted by Crippen LogP contribution is -2.74. The van der Waals surface area contributed by atoms with E-state index in [-0.39, 0.29) is 23.9 Å². The highest BCUT2D eigenvalue weighted by Gasteiger charge is 2.64. The number of ether oxygens (including phenoxy) is 1. The molecule has 0 aromatic rings. The molecule has 0 aromatic carbocycles. The Kier molecular flexibility index (Phi) is 4.68. The molecule has 1 N–H and O–H groups in total. The van der Waals surface area contributed by atoms with Crippen molar-refractivity contribution >= 4 is 11.8 Å². The Morgan fingerprint density at radius 3 is 2.65 bits per heavy atom. The Balaban J connectivity index is 2.01. The number of carbonyl (C=O) groups is 2. The fraction of sp³-hybridized carbons (Fsp3) is 0.867.